The molecule has 0 aliphatic carbocycles. The van der Waals surface area contributed by atoms with Crippen molar-refractivity contribution in [1.29, 1.82) is 5.26 Å². The van der Waals surface area contributed by atoms with E-state index in [9.17, 15) is 4.79 Å². The van der Waals surface area contributed by atoms with Crippen LogP contribution >= 0.6 is 0 Å². The fourth-order valence-electron chi connectivity index (χ4n) is 2.89. The maximum atomic E-state index is 11.5. The monoisotopic (exact) mass is 387 g/mol. The second-order valence-electron chi connectivity index (χ2n) is 6.20. The summed E-state index contributed by atoms with van der Waals surface area (Å²) in [6.07, 6.45) is 3.07. The Balaban J connectivity index is 1.71. The lowest BCUT2D eigenvalue weighted by atomic mass is 10.1. The molecule has 3 aromatic rings. The van der Waals surface area contributed by atoms with Crippen LogP contribution in [0.4, 0.5) is 0 Å². The van der Waals surface area contributed by atoms with E-state index in [4.69, 9.17) is 19.8 Å². The van der Waals surface area contributed by atoms with Gasteiger partial charge in [0.2, 0.25) is 0 Å². The number of carbonyl (C=O) groups excluding carboxylic acids is 1. The third-order valence-corrected chi connectivity index (χ3v) is 4.21. The van der Waals surface area contributed by atoms with Gasteiger partial charge in [0.05, 0.1) is 18.0 Å². The Kier molecular flexibility index (Phi) is 5.21. The number of nitrogens with one attached hydrogen (secondary N) is 1. The third-order valence-electron chi connectivity index (χ3n) is 4.21. The van der Waals surface area contributed by atoms with Crippen molar-refractivity contribution < 1.29 is 14.3 Å². The van der Waals surface area contributed by atoms with Crippen LogP contribution < -0.4 is 14.9 Å². The SMILES string of the molecule is N#CCC(=O)N/N=C\c1cn(-c2ccccc2)nc1-c1ccc2c(c1)OCCO2. The first-order chi connectivity index (χ1) is 14.2. The lowest BCUT2D eigenvalue weighted by Gasteiger charge is -2.18. The molecule has 0 fully saturated rings. The number of hydrogen-bond acceptors (Lipinski definition) is 6. The minimum Gasteiger partial charge on any atom is -0.486 e. The molecule has 0 spiro atoms. The fourth-order valence-corrected chi connectivity index (χ4v) is 2.89. The maximum absolute atomic E-state index is 11.5. The zero-order valence-corrected chi connectivity index (χ0v) is 15.4. The third kappa shape index (κ3) is 4.09. The molecule has 8 nitrogen and oxygen atoms in total. The average Bonchev–Trinajstić information content (AvgIpc) is 3.18. The van der Waals surface area contributed by atoms with Crippen LogP contribution in [0.15, 0.2) is 59.8 Å². The summed E-state index contributed by atoms with van der Waals surface area (Å²) in [4.78, 5) is 11.5. The van der Waals surface area contributed by atoms with Crippen molar-refractivity contribution >= 4 is 12.1 Å². The van der Waals surface area contributed by atoms with Crippen LogP contribution in [0.1, 0.15) is 12.0 Å². The fraction of sp³-hybridized carbons (Fsp3) is 0.143. The quantitative estimate of drug-likeness (QED) is 0.536. The van der Waals surface area contributed by atoms with E-state index in [1.807, 2.05) is 54.7 Å². The highest BCUT2D eigenvalue weighted by molar-refractivity contribution is 5.90. The van der Waals surface area contributed by atoms with E-state index >= 15 is 0 Å². The lowest BCUT2D eigenvalue weighted by Crippen LogP contribution is -2.16. The zero-order valence-electron chi connectivity index (χ0n) is 15.4. The van der Waals surface area contributed by atoms with Crippen LogP contribution in [0.3, 0.4) is 0 Å². The van der Waals surface area contributed by atoms with Crippen molar-refractivity contribution in [2.45, 2.75) is 6.42 Å². The van der Waals surface area contributed by atoms with Crippen molar-refractivity contribution in [3.63, 3.8) is 0 Å². The smallest absolute Gasteiger partial charge is 0.254 e. The van der Waals surface area contributed by atoms with Crippen LogP contribution in [-0.2, 0) is 4.79 Å². The maximum Gasteiger partial charge on any atom is 0.254 e. The summed E-state index contributed by atoms with van der Waals surface area (Å²) in [5, 5.41) is 17.2. The molecular formula is C21H17N5O3. The van der Waals surface area contributed by atoms with Crippen LogP contribution in [0, 0.1) is 11.3 Å². The molecule has 1 amide bonds. The second-order valence-corrected chi connectivity index (χ2v) is 6.20. The van der Waals surface area contributed by atoms with Crippen molar-refractivity contribution in [2.75, 3.05) is 13.2 Å². The van der Waals surface area contributed by atoms with E-state index in [0.29, 0.717) is 36.0 Å². The summed E-state index contributed by atoms with van der Waals surface area (Å²) in [5.41, 5.74) is 5.42. The molecule has 1 aliphatic heterocycles. The van der Waals surface area contributed by atoms with Crippen LogP contribution in [0.2, 0.25) is 0 Å². The highest BCUT2D eigenvalue weighted by atomic mass is 16.6. The number of nitrogens with zero attached hydrogens (tertiary/aromatic N) is 4. The molecule has 1 aromatic heterocycles. The summed E-state index contributed by atoms with van der Waals surface area (Å²) in [6.45, 7) is 1.02. The van der Waals surface area contributed by atoms with E-state index in [0.717, 1.165) is 11.3 Å². The normalized spacial score (nSPS) is 12.5. The Labute approximate surface area is 167 Å². The van der Waals surface area contributed by atoms with E-state index in [1.54, 1.807) is 10.8 Å². The highest BCUT2D eigenvalue weighted by Crippen LogP contribution is 2.35. The molecule has 4 rings (SSSR count). The van der Waals surface area contributed by atoms with Crippen LogP contribution in [-0.4, -0.2) is 35.1 Å². The molecule has 1 N–H and O–H groups in total. The van der Waals surface area contributed by atoms with Gasteiger partial charge in [-0.25, -0.2) is 10.1 Å². The van der Waals surface area contributed by atoms with Gasteiger partial charge in [-0.15, -0.1) is 0 Å². The van der Waals surface area contributed by atoms with E-state index in [1.165, 1.54) is 6.21 Å². The van der Waals surface area contributed by atoms with Gasteiger partial charge in [-0.2, -0.15) is 15.5 Å². The van der Waals surface area contributed by atoms with Crippen LogP contribution in [0.25, 0.3) is 16.9 Å². The molecule has 2 heterocycles. The number of rotatable bonds is 5. The van der Waals surface area contributed by atoms with Gasteiger partial charge >= 0.3 is 0 Å². The molecule has 2 aromatic carbocycles. The first-order valence-corrected chi connectivity index (χ1v) is 8.98. The predicted octanol–water partition coefficient (Wildman–Crippen LogP) is 2.67. The predicted molar refractivity (Wildman–Crippen MR) is 106 cm³/mol. The minimum absolute atomic E-state index is 0.254. The van der Waals surface area contributed by atoms with Crippen molar-refractivity contribution in [3.8, 4) is 34.5 Å². The molecule has 1 aliphatic rings. The van der Waals surface area contributed by atoms with Gasteiger partial charge in [0.15, 0.2) is 11.5 Å². The van der Waals surface area contributed by atoms with Gasteiger partial charge in [0.25, 0.3) is 5.91 Å². The molecule has 8 heteroatoms. The first kappa shape index (κ1) is 18.3. The minimum atomic E-state index is -0.472. The van der Waals surface area contributed by atoms with Gasteiger partial charge in [-0.3, -0.25) is 4.79 Å². The van der Waals surface area contributed by atoms with Crippen molar-refractivity contribution in [2.24, 2.45) is 5.10 Å². The largest absolute Gasteiger partial charge is 0.486 e. The molecule has 0 bridgehead atoms. The van der Waals surface area contributed by atoms with E-state index in [-0.39, 0.29) is 6.42 Å². The molecule has 0 unspecified atom stereocenters. The lowest BCUT2D eigenvalue weighted by molar-refractivity contribution is -0.120. The van der Waals surface area contributed by atoms with Gasteiger partial charge in [-0.05, 0) is 30.3 Å². The topological polar surface area (TPSA) is 102 Å². The summed E-state index contributed by atoms with van der Waals surface area (Å²) in [5.74, 6) is 0.884. The molecular weight excluding hydrogens is 370 g/mol. The number of ether oxygens (including phenoxy) is 2. The second kappa shape index (κ2) is 8.27. The number of nitriles is 1. The number of aromatic nitrogens is 2. The summed E-state index contributed by atoms with van der Waals surface area (Å²) < 4.78 is 13.0. The van der Waals surface area contributed by atoms with Gasteiger partial charge in [-0.1, -0.05) is 18.2 Å². The number of fused-ring (bicyclic) bond motifs is 1. The van der Waals surface area contributed by atoms with Crippen molar-refractivity contribution in [1.82, 2.24) is 15.2 Å². The average molecular weight is 387 g/mol. The number of hydrazone groups is 1. The summed E-state index contributed by atoms with van der Waals surface area (Å²) in [6, 6.07) is 17.1. The molecule has 0 radical (unpaired) electrons. The number of hydrogen-bond donors (Lipinski definition) is 1. The number of para-hydroxylation sites is 1. The van der Waals surface area contributed by atoms with Crippen molar-refractivity contribution in [3.05, 3.63) is 60.3 Å². The molecule has 0 saturated carbocycles. The zero-order chi connectivity index (χ0) is 20.1. The number of benzene rings is 2. The number of amides is 1. The Hall–Kier alpha value is -4.12. The molecule has 0 atom stereocenters. The van der Waals surface area contributed by atoms with E-state index in [2.05, 4.69) is 10.5 Å². The Morgan fingerprint density at radius 2 is 2.00 bits per heavy atom. The Morgan fingerprint density at radius 3 is 2.79 bits per heavy atom. The Morgan fingerprint density at radius 1 is 1.21 bits per heavy atom. The first-order valence-electron chi connectivity index (χ1n) is 8.98. The summed E-state index contributed by atoms with van der Waals surface area (Å²) >= 11 is 0. The standard InChI is InChI=1S/C21H17N5O3/c22-9-8-20(27)24-23-13-16-14-26(17-4-2-1-3-5-17)25-21(16)15-6-7-18-19(12-15)29-11-10-28-18/h1-7,12-14H,8,10-11H2,(H,24,27)/b23-13-. The Bertz CT molecular complexity index is 1100. The molecule has 144 valence electrons. The number of carbonyl (C=O) groups is 1. The molecule has 0 saturated heterocycles. The van der Waals surface area contributed by atoms with Gasteiger partial charge < -0.3 is 9.47 Å². The van der Waals surface area contributed by atoms with E-state index < -0.39 is 5.91 Å². The molecule has 29 heavy (non-hydrogen) atoms. The van der Waals surface area contributed by atoms with Crippen LogP contribution in [0.5, 0.6) is 11.5 Å². The van der Waals surface area contributed by atoms with Gasteiger partial charge in [0.1, 0.15) is 25.3 Å². The highest BCUT2D eigenvalue weighted by Gasteiger charge is 2.16. The van der Waals surface area contributed by atoms with Gasteiger partial charge in [0, 0.05) is 17.3 Å². The summed E-state index contributed by atoms with van der Waals surface area (Å²) in [7, 11) is 0.